The molecule has 0 amide bonds. The Hall–Kier alpha value is -2.42. The van der Waals surface area contributed by atoms with E-state index in [1.54, 1.807) is 12.1 Å². The normalized spacial score (nSPS) is 11.3. The molecule has 22 heavy (non-hydrogen) atoms. The van der Waals surface area contributed by atoms with Gasteiger partial charge in [-0.15, -0.1) is 0 Å². The van der Waals surface area contributed by atoms with Crippen molar-refractivity contribution in [1.29, 1.82) is 0 Å². The van der Waals surface area contributed by atoms with Gasteiger partial charge < -0.3 is 5.11 Å². The van der Waals surface area contributed by atoms with Gasteiger partial charge in [-0.3, -0.25) is 4.79 Å². The van der Waals surface area contributed by atoms with Crippen LogP contribution in [0.2, 0.25) is 0 Å². The summed E-state index contributed by atoms with van der Waals surface area (Å²) in [5, 5.41) is 8.90. The van der Waals surface area contributed by atoms with Crippen LogP contribution in [0, 0.1) is 6.92 Å². The van der Waals surface area contributed by atoms with Crippen LogP contribution in [0.1, 0.15) is 58.2 Å². The van der Waals surface area contributed by atoms with Crippen LogP contribution in [-0.2, 0) is 5.41 Å². The molecule has 3 nitrogen and oxygen atoms in total. The largest absolute Gasteiger partial charge is 0.478 e. The molecule has 2 rings (SSSR count). The van der Waals surface area contributed by atoms with Crippen LogP contribution in [-0.4, -0.2) is 16.9 Å². The zero-order valence-electron chi connectivity index (χ0n) is 13.3. The van der Waals surface area contributed by atoms with Gasteiger partial charge in [0.2, 0.25) is 0 Å². The van der Waals surface area contributed by atoms with Gasteiger partial charge in [0.25, 0.3) is 0 Å². The van der Waals surface area contributed by atoms with Crippen LogP contribution in [0.4, 0.5) is 0 Å². The SMILES string of the molecule is Cc1cc(C(C)(C)C)ccc1C(=O)c1ccc(C(=O)O)cc1. The molecule has 0 aliphatic heterocycles. The second-order valence-corrected chi connectivity index (χ2v) is 6.49. The number of aryl methyl sites for hydroxylation is 1. The standard InChI is InChI=1S/C19H20O3/c1-12-11-15(19(2,3)4)9-10-16(12)17(20)13-5-7-14(8-6-13)18(21)22/h5-11H,1-4H3,(H,21,22). The summed E-state index contributed by atoms with van der Waals surface area (Å²) in [5.41, 5.74) is 3.47. The first-order valence-corrected chi connectivity index (χ1v) is 7.19. The zero-order valence-corrected chi connectivity index (χ0v) is 13.3. The highest BCUT2D eigenvalue weighted by Crippen LogP contribution is 2.25. The van der Waals surface area contributed by atoms with Crippen molar-refractivity contribution in [1.82, 2.24) is 0 Å². The number of aromatic carboxylic acids is 1. The van der Waals surface area contributed by atoms with Crippen LogP contribution < -0.4 is 0 Å². The van der Waals surface area contributed by atoms with Crippen LogP contribution in [0.25, 0.3) is 0 Å². The number of carbonyl (C=O) groups excluding carboxylic acids is 1. The Morgan fingerprint density at radius 2 is 1.45 bits per heavy atom. The Bertz CT molecular complexity index is 719. The molecule has 0 aliphatic rings. The first-order valence-electron chi connectivity index (χ1n) is 7.19. The van der Waals surface area contributed by atoms with Crippen molar-refractivity contribution in [2.45, 2.75) is 33.1 Å². The van der Waals surface area contributed by atoms with Crippen LogP contribution >= 0.6 is 0 Å². The maximum absolute atomic E-state index is 12.6. The minimum Gasteiger partial charge on any atom is -0.478 e. The molecule has 2 aromatic carbocycles. The van der Waals surface area contributed by atoms with Gasteiger partial charge in [-0.25, -0.2) is 4.79 Å². The second-order valence-electron chi connectivity index (χ2n) is 6.49. The van der Waals surface area contributed by atoms with Crippen molar-refractivity contribution in [3.8, 4) is 0 Å². The van der Waals surface area contributed by atoms with Crippen molar-refractivity contribution in [2.75, 3.05) is 0 Å². The Kier molecular flexibility index (Phi) is 4.18. The number of hydrogen-bond donors (Lipinski definition) is 1. The van der Waals surface area contributed by atoms with Crippen molar-refractivity contribution in [3.05, 3.63) is 70.3 Å². The van der Waals surface area contributed by atoms with E-state index in [-0.39, 0.29) is 16.8 Å². The fraction of sp³-hybridized carbons (Fsp3) is 0.263. The quantitative estimate of drug-likeness (QED) is 0.863. The molecule has 0 spiro atoms. The minimum atomic E-state index is -0.996. The van der Waals surface area contributed by atoms with Gasteiger partial charge in [0.15, 0.2) is 5.78 Å². The van der Waals surface area contributed by atoms with E-state index in [2.05, 4.69) is 20.8 Å². The molecule has 0 heterocycles. The van der Waals surface area contributed by atoms with E-state index in [9.17, 15) is 9.59 Å². The summed E-state index contributed by atoms with van der Waals surface area (Å²) < 4.78 is 0. The minimum absolute atomic E-state index is 0.0372. The Labute approximate surface area is 130 Å². The van der Waals surface area contributed by atoms with Crippen LogP contribution in [0.3, 0.4) is 0 Å². The molecule has 0 bridgehead atoms. The van der Waals surface area contributed by atoms with Crippen molar-refractivity contribution in [2.24, 2.45) is 0 Å². The van der Waals surface area contributed by atoms with Crippen molar-refractivity contribution < 1.29 is 14.7 Å². The third kappa shape index (κ3) is 3.25. The summed E-state index contributed by atoms with van der Waals surface area (Å²) in [5.74, 6) is -1.08. The molecular formula is C19H20O3. The lowest BCUT2D eigenvalue weighted by Crippen LogP contribution is -2.13. The maximum Gasteiger partial charge on any atom is 0.335 e. The van der Waals surface area contributed by atoms with Crippen LogP contribution in [0.15, 0.2) is 42.5 Å². The number of carbonyl (C=O) groups is 2. The maximum atomic E-state index is 12.6. The van der Waals surface area contributed by atoms with Gasteiger partial charge in [0, 0.05) is 11.1 Å². The van der Waals surface area contributed by atoms with E-state index in [1.807, 2.05) is 25.1 Å². The van der Waals surface area contributed by atoms with Crippen LogP contribution in [0.5, 0.6) is 0 Å². The summed E-state index contributed by atoms with van der Waals surface area (Å²) in [7, 11) is 0. The summed E-state index contributed by atoms with van der Waals surface area (Å²) >= 11 is 0. The molecule has 1 N–H and O–H groups in total. The van der Waals surface area contributed by atoms with Crippen molar-refractivity contribution in [3.63, 3.8) is 0 Å². The predicted octanol–water partition coefficient (Wildman–Crippen LogP) is 4.22. The van der Waals surface area contributed by atoms with E-state index in [1.165, 1.54) is 17.7 Å². The van der Waals surface area contributed by atoms with Gasteiger partial charge in [-0.1, -0.05) is 51.1 Å². The molecule has 0 unspecified atom stereocenters. The smallest absolute Gasteiger partial charge is 0.335 e. The lowest BCUT2D eigenvalue weighted by Gasteiger charge is -2.20. The fourth-order valence-electron chi connectivity index (χ4n) is 2.30. The summed E-state index contributed by atoms with van der Waals surface area (Å²) in [6, 6.07) is 11.9. The van der Waals surface area contributed by atoms with E-state index >= 15 is 0 Å². The number of ketones is 1. The predicted molar refractivity (Wildman–Crippen MR) is 86.7 cm³/mol. The molecule has 2 aromatic rings. The highest BCUT2D eigenvalue weighted by Gasteiger charge is 2.17. The third-order valence-corrected chi connectivity index (χ3v) is 3.73. The first kappa shape index (κ1) is 16.0. The van der Waals surface area contributed by atoms with Gasteiger partial charge in [0.1, 0.15) is 0 Å². The number of benzene rings is 2. The summed E-state index contributed by atoms with van der Waals surface area (Å²) in [4.78, 5) is 23.4. The number of rotatable bonds is 3. The number of carboxylic acids is 1. The first-order chi connectivity index (χ1) is 10.2. The van der Waals surface area contributed by atoms with Gasteiger partial charge >= 0.3 is 5.97 Å². The topological polar surface area (TPSA) is 54.4 Å². The molecule has 0 saturated heterocycles. The molecule has 114 valence electrons. The number of hydrogen-bond acceptors (Lipinski definition) is 2. The summed E-state index contributed by atoms with van der Waals surface area (Å²) in [6.45, 7) is 8.32. The highest BCUT2D eigenvalue weighted by molar-refractivity contribution is 6.10. The highest BCUT2D eigenvalue weighted by atomic mass is 16.4. The molecular weight excluding hydrogens is 276 g/mol. The van der Waals surface area contributed by atoms with Gasteiger partial charge in [0.05, 0.1) is 5.56 Å². The van der Waals surface area contributed by atoms with Gasteiger partial charge in [-0.2, -0.15) is 0 Å². The lowest BCUT2D eigenvalue weighted by atomic mass is 9.84. The Balaban J connectivity index is 2.35. The molecule has 0 radical (unpaired) electrons. The lowest BCUT2D eigenvalue weighted by molar-refractivity contribution is 0.0696. The second kappa shape index (κ2) is 5.76. The third-order valence-electron chi connectivity index (χ3n) is 3.73. The molecule has 0 aliphatic carbocycles. The molecule has 0 atom stereocenters. The molecule has 0 aromatic heterocycles. The number of carboxylic acid groups (broad SMARTS) is 1. The average Bonchev–Trinajstić information content (AvgIpc) is 2.45. The Morgan fingerprint density at radius 3 is 1.91 bits per heavy atom. The van der Waals surface area contributed by atoms with E-state index in [0.717, 1.165) is 5.56 Å². The monoisotopic (exact) mass is 296 g/mol. The Morgan fingerprint density at radius 1 is 0.909 bits per heavy atom. The van der Waals surface area contributed by atoms with E-state index in [4.69, 9.17) is 5.11 Å². The fourth-order valence-corrected chi connectivity index (χ4v) is 2.30. The molecule has 3 heteroatoms. The average molecular weight is 296 g/mol. The van der Waals surface area contributed by atoms with E-state index in [0.29, 0.717) is 11.1 Å². The molecule has 0 saturated carbocycles. The van der Waals surface area contributed by atoms with E-state index < -0.39 is 5.97 Å². The van der Waals surface area contributed by atoms with Crippen molar-refractivity contribution >= 4 is 11.8 Å². The molecule has 0 fully saturated rings. The zero-order chi connectivity index (χ0) is 16.5. The van der Waals surface area contributed by atoms with Gasteiger partial charge in [-0.05, 0) is 35.6 Å². The summed E-state index contributed by atoms with van der Waals surface area (Å²) in [6.07, 6.45) is 0.